The number of carbonyl (C=O) groups is 1. The van der Waals surface area contributed by atoms with E-state index in [9.17, 15) is 4.79 Å². The Bertz CT molecular complexity index is 734. The summed E-state index contributed by atoms with van der Waals surface area (Å²) in [5.74, 6) is 1.36. The number of hydrogen-bond donors (Lipinski definition) is 2. The van der Waals surface area contributed by atoms with Gasteiger partial charge < -0.3 is 19.7 Å². The Morgan fingerprint density at radius 2 is 1.84 bits per heavy atom. The lowest BCUT2D eigenvalue weighted by molar-refractivity contribution is -0.885. The zero-order chi connectivity index (χ0) is 17.6. The molecule has 1 atom stereocenters. The predicted molar refractivity (Wildman–Crippen MR) is 97.6 cm³/mol. The van der Waals surface area contributed by atoms with Crippen molar-refractivity contribution >= 4 is 23.2 Å². The van der Waals surface area contributed by atoms with Crippen LogP contribution in [0.15, 0.2) is 42.5 Å². The summed E-state index contributed by atoms with van der Waals surface area (Å²) in [6, 6.07) is 13.2. The van der Waals surface area contributed by atoms with Crippen molar-refractivity contribution in [2.45, 2.75) is 13.0 Å². The maximum absolute atomic E-state index is 12.3. The molecule has 1 heterocycles. The Morgan fingerprint density at radius 1 is 1.12 bits per heavy atom. The van der Waals surface area contributed by atoms with Crippen LogP contribution in [0.3, 0.4) is 0 Å². The molecule has 2 N–H and O–H groups in total. The highest BCUT2D eigenvalue weighted by atomic mass is 35.5. The highest BCUT2D eigenvalue weighted by molar-refractivity contribution is 6.30. The largest absolute Gasteiger partial charge is 0.490 e. The van der Waals surface area contributed by atoms with Gasteiger partial charge in [-0.3, -0.25) is 4.79 Å². The molecule has 0 spiro atoms. The molecule has 132 valence electrons. The normalized spacial score (nSPS) is 14.5. The van der Waals surface area contributed by atoms with E-state index in [0.29, 0.717) is 36.2 Å². The second kappa shape index (κ2) is 8.23. The third kappa shape index (κ3) is 5.11. The number of hydrogen-bond acceptors (Lipinski definition) is 3. The van der Waals surface area contributed by atoms with Gasteiger partial charge >= 0.3 is 0 Å². The SMILES string of the molecule is C[NH+](CC(=O)Nc1ccc2c(c1)OCCCO2)Cc1ccc(Cl)cc1. The van der Waals surface area contributed by atoms with Crippen LogP contribution in [0.2, 0.25) is 5.02 Å². The van der Waals surface area contributed by atoms with Crippen molar-refractivity contribution in [3.05, 3.63) is 53.1 Å². The van der Waals surface area contributed by atoms with Crippen LogP contribution in [0, 0.1) is 0 Å². The summed E-state index contributed by atoms with van der Waals surface area (Å²) in [6.07, 6.45) is 0.856. The minimum Gasteiger partial charge on any atom is -0.490 e. The number of likely N-dealkylation sites (N-methyl/N-ethyl adjacent to an activating group) is 1. The van der Waals surface area contributed by atoms with Crippen LogP contribution in [-0.2, 0) is 11.3 Å². The van der Waals surface area contributed by atoms with Gasteiger partial charge in [-0.15, -0.1) is 0 Å². The Balaban J connectivity index is 1.55. The Kier molecular flexibility index (Phi) is 5.79. The van der Waals surface area contributed by atoms with E-state index < -0.39 is 0 Å². The smallest absolute Gasteiger partial charge is 0.279 e. The molecule has 1 amide bonds. The maximum Gasteiger partial charge on any atom is 0.279 e. The van der Waals surface area contributed by atoms with Gasteiger partial charge in [0.2, 0.25) is 0 Å². The van der Waals surface area contributed by atoms with E-state index in [1.807, 2.05) is 49.5 Å². The topological polar surface area (TPSA) is 52.0 Å². The zero-order valence-electron chi connectivity index (χ0n) is 14.2. The summed E-state index contributed by atoms with van der Waals surface area (Å²) in [5, 5.41) is 3.64. The van der Waals surface area contributed by atoms with Crippen molar-refractivity contribution in [3.8, 4) is 11.5 Å². The van der Waals surface area contributed by atoms with Crippen molar-refractivity contribution in [2.24, 2.45) is 0 Å². The van der Waals surface area contributed by atoms with Gasteiger partial charge in [-0.25, -0.2) is 0 Å². The van der Waals surface area contributed by atoms with E-state index in [1.165, 1.54) is 0 Å². The number of quaternary nitrogens is 1. The molecule has 0 aromatic heterocycles. The summed E-state index contributed by atoms with van der Waals surface area (Å²) in [6.45, 7) is 2.40. The van der Waals surface area contributed by atoms with Gasteiger partial charge in [-0.05, 0) is 24.3 Å². The molecule has 2 aromatic carbocycles. The number of fused-ring (bicyclic) bond motifs is 1. The van der Waals surface area contributed by atoms with Gasteiger partial charge in [0.25, 0.3) is 5.91 Å². The molecule has 1 aliphatic rings. The molecule has 0 aliphatic carbocycles. The molecular weight excluding hydrogens is 340 g/mol. The van der Waals surface area contributed by atoms with E-state index in [4.69, 9.17) is 21.1 Å². The summed E-state index contributed by atoms with van der Waals surface area (Å²) >= 11 is 5.89. The van der Waals surface area contributed by atoms with Crippen molar-refractivity contribution in [1.82, 2.24) is 0 Å². The maximum atomic E-state index is 12.3. The molecule has 1 aliphatic heterocycles. The predicted octanol–water partition coefficient (Wildman–Crippen LogP) is 2.15. The molecule has 1 unspecified atom stereocenters. The minimum absolute atomic E-state index is 0.0408. The molecule has 3 rings (SSSR count). The monoisotopic (exact) mass is 361 g/mol. The first-order valence-corrected chi connectivity index (χ1v) is 8.73. The first kappa shape index (κ1) is 17.6. The molecule has 0 fully saturated rings. The Labute approximate surface area is 152 Å². The van der Waals surface area contributed by atoms with Gasteiger partial charge in [0, 0.05) is 28.8 Å². The van der Waals surface area contributed by atoms with E-state index in [0.717, 1.165) is 29.2 Å². The van der Waals surface area contributed by atoms with E-state index in [1.54, 1.807) is 0 Å². The van der Waals surface area contributed by atoms with Crippen LogP contribution in [0.25, 0.3) is 0 Å². The summed E-state index contributed by atoms with van der Waals surface area (Å²) in [5.41, 5.74) is 1.86. The minimum atomic E-state index is -0.0408. The number of benzene rings is 2. The fourth-order valence-electron chi connectivity index (χ4n) is 2.73. The lowest BCUT2D eigenvalue weighted by Crippen LogP contribution is -3.08. The first-order valence-electron chi connectivity index (χ1n) is 8.35. The summed E-state index contributed by atoms with van der Waals surface area (Å²) < 4.78 is 11.2. The molecule has 6 heteroatoms. The van der Waals surface area contributed by atoms with Crippen LogP contribution in [-0.4, -0.2) is 32.7 Å². The Hall–Kier alpha value is -2.24. The van der Waals surface area contributed by atoms with Crippen LogP contribution in [0.4, 0.5) is 5.69 Å². The number of carbonyl (C=O) groups excluding carboxylic acids is 1. The van der Waals surface area contributed by atoms with Crippen molar-refractivity contribution in [3.63, 3.8) is 0 Å². The van der Waals surface area contributed by atoms with Crippen LogP contribution in [0.5, 0.6) is 11.5 Å². The molecular formula is C19H22ClN2O3+. The number of amides is 1. The second-order valence-corrected chi connectivity index (χ2v) is 6.63. The lowest BCUT2D eigenvalue weighted by Gasteiger charge is -2.15. The summed E-state index contributed by atoms with van der Waals surface area (Å²) in [4.78, 5) is 13.4. The van der Waals surface area contributed by atoms with E-state index in [2.05, 4.69) is 5.32 Å². The number of anilines is 1. The number of nitrogens with one attached hydrogen (secondary N) is 2. The molecule has 0 saturated carbocycles. The van der Waals surface area contributed by atoms with Crippen LogP contribution in [0.1, 0.15) is 12.0 Å². The molecule has 0 saturated heterocycles. The average Bonchev–Trinajstić information content (AvgIpc) is 2.81. The lowest BCUT2D eigenvalue weighted by atomic mass is 10.2. The summed E-state index contributed by atoms with van der Waals surface area (Å²) in [7, 11) is 1.99. The fraction of sp³-hybridized carbons (Fsp3) is 0.316. The van der Waals surface area contributed by atoms with Gasteiger partial charge in [0.15, 0.2) is 18.0 Å². The third-order valence-corrected chi connectivity index (χ3v) is 4.16. The van der Waals surface area contributed by atoms with Gasteiger partial charge in [0.05, 0.1) is 20.3 Å². The third-order valence-electron chi connectivity index (χ3n) is 3.91. The van der Waals surface area contributed by atoms with Crippen molar-refractivity contribution in [1.29, 1.82) is 0 Å². The van der Waals surface area contributed by atoms with Crippen LogP contribution >= 0.6 is 11.6 Å². The molecule has 0 bridgehead atoms. The van der Waals surface area contributed by atoms with E-state index in [-0.39, 0.29) is 5.91 Å². The molecule has 0 radical (unpaired) electrons. The number of halogens is 1. The Morgan fingerprint density at radius 3 is 2.60 bits per heavy atom. The highest BCUT2D eigenvalue weighted by Crippen LogP contribution is 2.32. The standard InChI is InChI=1S/C19H21ClN2O3/c1-22(12-14-3-5-15(20)6-4-14)13-19(23)21-16-7-8-17-18(11-16)25-10-2-9-24-17/h3-8,11H,2,9-10,12-13H2,1H3,(H,21,23)/p+1. The number of rotatable bonds is 5. The highest BCUT2D eigenvalue weighted by Gasteiger charge is 2.14. The molecule has 25 heavy (non-hydrogen) atoms. The van der Waals surface area contributed by atoms with Crippen molar-refractivity contribution in [2.75, 3.05) is 32.1 Å². The average molecular weight is 362 g/mol. The zero-order valence-corrected chi connectivity index (χ0v) is 14.9. The fourth-order valence-corrected chi connectivity index (χ4v) is 2.86. The second-order valence-electron chi connectivity index (χ2n) is 6.20. The van der Waals surface area contributed by atoms with Crippen molar-refractivity contribution < 1.29 is 19.2 Å². The molecule has 2 aromatic rings. The quantitative estimate of drug-likeness (QED) is 0.858. The molecule has 5 nitrogen and oxygen atoms in total. The van der Waals surface area contributed by atoms with Gasteiger partial charge in [-0.2, -0.15) is 0 Å². The van der Waals surface area contributed by atoms with E-state index >= 15 is 0 Å². The van der Waals surface area contributed by atoms with Gasteiger partial charge in [-0.1, -0.05) is 23.7 Å². The first-order chi connectivity index (χ1) is 12.1. The number of ether oxygens (including phenoxy) is 2. The van der Waals surface area contributed by atoms with Gasteiger partial charge in [0.1, 0.15) is 6.54 Å². The van der Waals surface area contributed by atoms with Crippen LogP contribution < -0.4 is 19.7 Å².